The lowest BCUT2D eigenvalue weighted by atomic mass is 10.0. The molecule has 1 atom stereocenters. The molecule has 1 aromatic heterocycles. The molecular weight excluding hydrogens is 311 g/mol. The number of rotatable bonds is 3. The molecule has 0 spiro atoms. The maximum atomic E-state index is 14.1. The Morgan fingerprint density at radius 3 is 3.04 bits per heavy atom. The van der Waals surface area contributed by atoms with Gasteiger partial charge in [0.2, 0.25) is 0 Å². The summed E-state index contributed by atoms with van der Waals surface area (Å²) in [5.74, 6) is -0.600. The summed E-state index contributed by atoms with van der Waals surface area (Å²) in [5.41, 5.74) is 1.35. The number of aromatic amines is 1. The van der Waals surface area contributed by atoms with Crippen molar-refractivity contribution in [1.82, 2.24) is 15.5 Å². The summed E-state index contributed by atoms with van der Waals surface area (Å²) < 4.78 is 14.1. The molecule has 0 unspecified atom stereocenters. The minimum atomic E-state index is -0.422. The number of aryl methyl sites for hydroxylation is 1. The van der Waals surface area contributed by atoms with Gasteiger partial charge in [-0.1, -0.05) is 6.07 Å². The van der Waals surface area contributed by atoms with Crippen molar-refractivity contribution >= 4 is 11.6 Å². The van der Waals surface area contributed by atoms with Crippen LogP contribution in [0.15, 0.2) is 35.3 Å². The number of amides is 1. The van der Waals surface area contributed by atoms with E-state index in [-0.39, 0.29) is 23.3 Å². The van der Waals surface area contributed by atoms with Gasteiger partial charge < -0.3 is 10.2 Å². The second-order valence-electron chi connectivity index (χ2n) is 6.05. The second kappa shape index (κ2) is 6.82. The number of nitrogens with one attached hydrogen (secondary N) is 2. The number of nitrogens with zero attached hydrogens (tertiary/aromatic N) is 2. The largest absolute Gasteiger partial charge is 0.367 e. The van der Waals surface area contributed by atoms with Crippen molar-refractivity contribution < 1.29 is 9.18 Å². The van der Waals surface area contributed by atoms with E-state index in [9.17, 15) is 14.0 Å². The van der Waals surface area contributed by atoms with Gasteiger partial charge in [0.05, 0.1) is 17.4 Å². The molecule has 2 N–H and O–H groups in total. The van der Waals surface area contributed by atoms with E-state index < -0.39 is 5.56 Å². The van der Waals surface area contributed by atoms with Crippen LogP contribution in [-0.2, 0) is 0 Å². The lowest BCUT2D eigenvalue weighted by Crippen LogP contribution is -2.48. The van der Waals surface area contributed by atoms with E-state index >= 15 is 0 Å². The first-order valence-corrected chi connectivity index (χ1v) is 7.89. The summed E-state index contributed by atoms with van der Waals surface area (Å²) in [6.45, 7) is 3.20. The van der Waals surface area contributed by atoms with Crippen LogP contribution in [0, 0.1) is 12.7 Å². The van der Waals surface area contributed by atoms with Crippen LogP contribution in [0.25, 0.3) is 0 Å². The molecule has 2 aromatic rings. The molecule has 1 fully saturated rings. The first kappa shape index (κ1) is 16.2. The highest BCUT2D eigenvalue weighted by molar-refractivity contribution is 5.93. The zero-order chi connectivity index (χ0) is 17.1. The Morgan fingerprint density at radius 1 is 1.42 bits per heavy atom. The molecule has 1 aliphatic rings. The highest BCUT2D eigenvalue weighted by Crippen LogP contribution is 2.24. The number of hydrogen-bond acceptors (Lipinski definition) is 4. The summed E-state index contributed by atoms with van der Waals surface area (Å²) >= 11 is 0. The summed E-state index contributed by atoms with van der Waals surface area (Å²) in [7, 11) is 0. The third kappa shape index (κ3) is 3.61. The van der Waals surface area contributed by atoms with Crippen LogP contribution >= 0.6 is 0 Å². The topological polar surface area (TPSA) is 78.1 Å². The van der Waals surface area contributed by atoms with Crippen LogP contribution in [0.3, 0.4) is 0 Å². The fourth-order valence-electron chi connectivity index (χ4n) is 2.95. The number of halogens is 1. The van der Waals surface area contributed by atoms with Crippen LogP contribution in [0.1, 0.15) is 28.8 Å². The Bertz CT molecular complexity index is 805. The molecule has 0 bridgehead atoms. The average molecular weight is 330 g/mol. The van der Waals surface area contributed by atoms with E-state index in [0.29, 0.717) is 12.2 Å². The van der Waals surface area contributed by atoms with Crippen molar-refractivity contribution in [2.24, 2.45) is 0 Å². The highest BCUT2D eigenvalue weighted by Gasteiger charge is 2.24. The van der Waals surface area contributed by atoms with Gasteiger partial charge in [-0.2, -0.15) is 5.10 Å². The normalized spacial score (nSPS) is 17.6. The minimum Gasteiger partial charge on any atom is -0.367 e. The van der Waals surface area contributed by atoms with Crippen LogP contribution in [-0.4, -0.2) is 35.2 Å². The zero-order valence-electron chi connectivity index (χ0n) is 13.4. The second-order valence-corrected chi connectivity index (χ2v) is 6.05. The molecule has 0 aliphatic carbocycles. The summed E-state index contributed by atoms with van der Waals surface area (Å²) in [6, 6.07) is 6.13. The number of carbonyl (C=O) groups is 1. The fraction of sp³-hybridized carbons (Fsp3) is 0.353. The number of aromatic nitrogens is 2. The minimum absolute atomic E-state index is 0.106. The maximum Gasteiger partial charge on any atom is 0.264 e. The molecule has 6 nitrogen and oxygen atoms in total. The molecule has 1 amide bonds. The average Bonchev–Trinajstić information content (AvgIpc) is 2.57. The van der Waals surface area contributed by atoms with Gasteiger partial charge in [0.15, 0.2) is 0 Å². The summed E-state index contributed by atoms with van der Waals surface area (Å²) in [6.07, 6.45) is 2.98. The van der Waals surface area contributed by atoms with Gasteiger partial charge in [-0.3, -0.25) is 9.59 Å². The Hall–Kier alpha value is -2.70. The Labute approximate surface area is 138 Å². The van der Waals surface area contributed by atoms with Gasteiger partial charge in [-0.25, -0.2) is 9.49 Å². The summed E-state index contributed by atoms with van der Waals surface area (Å²) in [5, 5.41) is 8.76. The van der Waals surface area contributed by atoms with Gasteiger partial charge >= 0.3 is 0 Å². The molecule has 1 saturated heterocycles. The molecular formula is C17H19FN4O2. The Kier molecular flexibility index (Phi) is 4.59. The SMILES string of the molecule is Cc1ccc(F)c(N2CCC[C@H](NC(=O)c3cn[nH]c(=O)c3)C2)c1. The molecule has 7 heteroatoms. The number of carbonyl (C=O) groups excluding carboxylic acids is 1. The van der Waals surface area contributed by atoms with E-state index in [4.69, 9.17) is 0 Å². The lowest BCUT2D eigenvalue weighted by Gasteiger charge is -2.35. The fourth-order valence-corrected chi connectivity index (χ4v) is 2.95. The lowest BCUT2D eigenvalue weighted by molar-refractivity contribution is 0.0932. The molecule has 1 aromatic carbocycles. The number of H-pyrrole nitrogens is 1. The third-order valence-electron chi connectivity index (χ3n) is 4.13. The van der Waals surface area contributed by atoms with E-state index in [1.54, 1.807) is 6.07 Å². The zero-order valence-corrected chi connectivity index (χ0v) is 13.4. The van der Waals surface area contributed by atoms with Crippen molar-refractivity contribution in [2.75, 3.05) is 18.0 Å². The molecule has 126 valence electrons. The van der Waals surface area contributed by atoms with Crippen LogP contribution < -0.4 is 15.8 Å². The van der Waals surface area contributed by atoms with Gasteiger partial charge in [-0.15, -0.1) is 0 Å². The first-order valence-electron chi connectivity index (χ1n) is 7.89. The predicted octanol–water partition coefficient (Wildman–Crippen LogP) is 1.62. The monoisotopic (exact) mass is 330 g/mol. The number of hydrogen-bond donors (Lipinski definition) is 2. The quantitative estimate of drug-likeness (QED) is 0.896. The maximum absolute atomic E-state index is 14.1. The van der Waals surface area contributed by atoms with Gasteiger partial charge in [0.1, 0.15) is 5.82 Å². The Morgan fingerprint density at radius 2 is 2.25 bits per heavy atom. The molecule has 3 rings (SSSR count). The smallest absolute Gasteiger partial charge is 0.264 e. The highest BCUT2D eigenvalue weighted by atomic mass is 19.1. The number of piperidine rings is 1. The van der Waals surface area contributed by atoms with Crippen molar-refractivity contribution in [2.45, 2.75) is 25.8 Å². The first-order chi connectivity index (χ1) is 11.5. The van der Waals surface area contributed by atoms with E-state index in [0.717, 1.165) is 24.9 Å². The number of anilines is 1. The van der Waals surface area contributed by atoms with Gasteiger partial charge in [0, 0.05) is 25.2 Å². The van der Waals surface area contributed by atoms with Gasteiger partial charge in [0.25, 0.3) is 11.5 Å². The van der Waals surface area contributed by atoms with Crippen LogP contribution in [0.5, 0.6) is 0 Å². The van der Waals surface area contributed by atoms with Crippen molar-refractivity contribution in [3.63, 3.8) is 0 Å². The number of benzene rings is 1. The van der Waals surface area contributed by atoms with E-state index in [1.165, 1.54) is 18.3 Å². The van der Waals surface area contributed by atoms with Crippen molar-refractivity contribution in [3.05, 3.63) is 57.8 Å². The summed E-state index contributed by atoms with van der Waals surface area (Å²) in [4.78, 5) is 25.4. The molecule has 1 aliphatic heterocycles. The molecule has 2 heterocycles. The molecule has 0 radical (unpaired) electrons. The molecule has 24 heavy (non-hydrogen) atoms. The van der Waals surface area contributed by atoms with Crippen LogP contribution in [0.4, 0.5) is 10.1 Å². The van der Waals surface area contributed by atoms with Crippen molar-refractivity contribution in [1.29, 1.82) is 0 Å². The van der Waals surface area contributed by atoms with Gasteiger partial charge in [-0.05, 0) is 37.5 Å². The standard InChI is InChI=1S/C17H19FN4O2/c1-11-4-5-14(18)15(7-11)22-6-2-3-13(10-22)20-17(24)12-8-16(23)21-19-9-12/h4-5,7-9,13H,2-3,6,10H2,1H3,(H,20,24)(H,21,23)/t13-/m0/s1. The third-order valence-corrected chi connectivity index (χ3v) is 4.13. The van der Waals surface area contributed by atoms with Crippen molar-refractivity contribution in [3.8, 4) is 0 Å². The van der Waals surface area contributed by atoms with E-state index in [1.807, 2.05) is 17.9 Å². The Balaban J connectivity index is 1.70. The molecule has 0 saturated carbocycles. The predicted molar refractivity (Wildman–Crippen MR) is 88.7 cm³/mol. The van der Waals surface area contributed by atoms with Crippen LogP contribution in [0.2, 0.25) is 0 Å². The van der Waals surface area contributed by atoms with E-state index in [2.05, 4.69) is 15.5 Å².